The van der Waals surface area contributed by atoms with E-state index in [0.29, 0.717) is 22.8 Å². The minimum absolute atomic E-state index is 0.0907. The van der Waals surface area contributed by atoms with Gasteiger partial charge in [0.05, 0.1) is 18.1 Å². The molecule has 2 aromatic carbocycles. The van der Waals surface area contributed by atoms with Gasteiger partial charge < -0.3 is 13.9 Å². The molecule has 0 atom stereocenters. The van der Waals surface area contributed by atoms with Gasteiger partial charge in [-0.25, -0.2) is 4.79 Å². The van der Waals surface area contributed by atoms with Gasteiger partial charge in [-0.05, 0) is 42.2 Å². The van der Waals surface area contributed by atoms with Crippen molar-refractivity contribution in [3.8, 4) is 11.5 Å². The summed E-state index contributed by atoms with van der Waals surface area (Å²) in [5.41, 5.74) is 2.85. The zero-order valence-electron chi connectivity index (χ0n) is 16.1. The molecule has 0 unspecified atom stereocenters. The number of nitro benzene ring substituents is 1. The van der Waals surface area contributed by atoms with E-state index in [1.54, 1.807) is 0 Å². The number of fused-ring (bicyclic) bond motifs is 1. The minimum Gasteiger partial charge on any atom is -0.493 e. The summed E-state index contributed by atoms with van der Waals surface area (Å²) < 4.78 is 16.4. The normalized spacial score (nSPS) is 11.0. The molecule has 28 heavy (non-hydrogen) atoms. The van der Waals surface area contributed by atoms with Crippen molar-refractivity contribution < 1.29 is 18.8 Å². The minimum atomic E-state index is -0.502. The molecular formula is C21H21NO6. The Hall–Kier alpha value is -3.35. The summed E-state index contributed by atoms with van der Waals surface area (Å²) in [5, 5.41) is 11.7. The molecule has 1 heterocycles. The van der Waals surface area contributed by atoms with Crippen LogP contribution in [0, 0.1) is 17.0 Å². The first-order valence-corrected chi connectivity index (χ1v) is 8.82. The molecule has 3 aromatic rings. The van der Waals surface area contributed by atoms with E-state index in [9.17, 15) is 14.9 Å². The standard InChI is InChI=1S/C21H21NO6/c1-12(2)16-10-17-14(8-21(23)28-19(17)7-13(16)3)11-27-18-6-5-15(22(24)25)9-20(18)26-4/h5-10,12H,11H2,1-4H3. The lowest BCUT2D eigenvalue weighted by molar-refractivity contribution is -0.385. The zero-order valence-corrected chi connectivity index (χ0v) is 16.1. The lowest BCUT2D eigenvalue weighted by atomic mass is 9.95. The third-order valence-electron chi connectivity index (χ3n) is 4.58. The van der Waals surface area contributed by atoms with Gasteiger partial charge in [0.15, 0.2) is 11.5 Å². The third kappa shape index (κ3) is 3.83. The average molecular weight is 383 g/mol. The Bertz CT molecular complexity index is 1100. The number of nitro groups is 1. The fraction of sp³-hybridized carbons (Fsp3) is 0.286. The van der Waals surface area contributed by atoms with Crippen LogP contribution in [0.15, 0.2) is 45.6 Å². The molecule has 3 rings (SSSR count). The van der Waals surface area contributed by atoms with E-state index >= 15 is 0 Å². The number of ether oxygens (including phenoxy) is 2. The molecule has 7 nitrogen and oxygen atoms in total. The predicted octanol–water partition coefficient (Wildman–Crippen LogP) is 4.72. The fourth-order valence-corrected chi connectivity index (χ4v) is 3.18. The Balaban J connectivity index is 1.99. The zero-order chi connectivity index (χ0) is 20.4. The molecule has 0 N–H and O–H groups in total. The first-order chi connectivity index (χ1) is 13.3. The van der Waals surface area contributed by atoms with Crippen LogP contribution in [0.3, 0.4) is 0 Å². The Morgan fingerprint density at radius 2 is 1.89 bits per heavy atom. The molecule has 0 amide bonds. The smallest absolute Gasteiger partial charge is 0.336 e. The largest absolute Gasteiger partial charge is 0.493 e. The van der Waals surface area contributed by atoms with E-state index in [0.717, 1.165) is 16.5 Å². The van der Waals surface area contributed by atoms with Crippen LogP contribution in [-0.4, -0.2) is 12.0 Å². The van der Waals surface area contributed by atoms with Crippen LogP contribution in [0.25, 0.3) is 11.0 Å². The molecule has 0 aliphatic heterocycles. The van der Waals surface area contributed by atoms with Crippen LogP contribution >= 0.6 is 0 Å². The van der Waals surface area contributed by atoms with Gasteiger partial charge in [-0.1, -0.05) is 13.8 Å². The van der Waals surface area contributed by atoms with Crippen molar-refractivity contribution in [3.63, 3.8) is 0 Å². The second kappa shape index (κ2) is 7.72. The summed E-state index contributed by atoms with van der Waals surface area (Å²) in [6.45, 7) is 6.28. The van der Waals surface area contributed by atoms with Crippen LogP contribution in [0.4, 0.5) is 5.69 Å². The number of aryl methyl sites for hydroxylation is 1. The summed E-state index contributed by atoms with van der Waals surface area (Å²) in [6, 6.07) is 9.41. The van der Waals surface area contributed by atoms with Gasteiger partial charge in [0.2, 0.25) is 0 Å². The molecule has 0 bridgehead atoms. The topological polar surface area (TPSA) is 91.8 Å². The Morgan fingerprint density at radius 3 is 2.54 bits per heavy atom. The number of non-ortho nitro benzene ring substituents is 1. The predicted molar refractivity (Wildman–Crippen MR) is 105 cm³/mol. The van der Waals surface area contributed by atoms with Crippen LogP contribution in [0.5, 0.6) is 11.5 Å². The summed E-state index contributed by atoms with van der Waals surface area (Å²) in [4.78, 5) is 22.4. The summed E-state index contributed by atoms with van der Waals surface area (Å²) in [7, 11) is 1.41. The van der Waals surface area contributed by atoms with Crippen LogP contribution in [0.2, 0.25) is 0 Å². The summed E-state index contributed by atoms with van der Waals surface area (Å²) in [5.74, 6) is 0.922. The van der Waals surface area contributed by atoms with Gasteiger partial charge in [0.1, 0.15) is 12.2 Å². The van der Waals surface area contributed by atoms with Gasteiger partial charge >= 0.3 is 5.63 Å². The van der Waals surface area contributed by atoms with Gasteiger partial charge in [0, 0.05) is 23.1 Å². The molecule has 0 radical (unpaired) electrons. The van der Waals surface area contributed by atoms with E-state index < -0.39 is 10.5 Å². The number of benzene rings is 2. The SMILES string of the molecule is COc1cc([N+](=O)[O-])ccc1OCc1cc(=O)oc2cc(C)c(C(C)C)cc12. The summed E-state index contributed by atoms with van der Waals surface area (Å²) >= 11 is 0. The van der Waals surface area contributed by atoms with E-state index in [1.807, 2.05) is 19.1 Å². The van der Waals surface area contributed by atoms with Crippen molar-refractivity contribution in [2.45, 2.75) is 33.3 Å². The van der Waals surface area contributed by atoms with E-state index in [1.165, 1.54) is 31.4 Å². The first kappa shape index (κ1) is 19.4. The van der Waals surface area contributed by atoms with E-state index in [4.69, 9.17) is 13.9 Å². The Kier molecular flexibility index (Phi) is 5.35. The first-order valence-electron chi connectivity index (χ1n) is 8.82. The maximum absolute atomic E-state index is 12.0. The highest BCUT2D eigenvalue weighted by Gasteiger charge is 2.15. The number of nitrogens with zero attached hydrogens (tertiary/aromatic N) is 1. The maximum Gasteiger partial charge on any atom is 0.336 e. The highest BCUT2D eigenvalue weighted by atomic mass is 16.6. The van der Waals surface area contributed by atoms with E-state index in [-0.39, 0.29) is 18.0 Å². The van der Waals surface area contributed by atoms with Crippen molar-refractivity contribution >= 4 is 16.7 Å². The molecule has 0 aliphatic rings. The van der Waals surface area contributed by atoms with Gasteiger partial charge in [-0.15, -0.1) is 0 Å². The molecule has 0 aliphatic carbocycles. The molecule has 0 saturated heterocycles. The van der Waals surface area contributed by atoms with Crippen molar-refractivity contribution in [2.75, 3.05) is 7.11 Å². The molecule has 146 valence electrons. The van der Waals surface area contributed by atoms with Crippen molar-refractivity contribution in [1.29, 1.82) is 0 Å². The molecule has 0 saturated carbocycles. The van der Waals surface area contributed by atoms with Gasteiger partial charge in [-0.2, -0.15) is 0 Å². The van der Waals surface area contributed by atoms with Crippen molar-refractivity contribution in [3.05, 3.63) is 73.6 Å². The van der Waals surface area contributed by atoms with Crippen LogP contribution in [-0.2, 0) is 6.61 Å². The molecule has 0 spiro atoms. The Labute approximate surface area is 161 Å². The second-order valence-corrected chi connectivity index (χ2v) is 6.83. The number of rotatable bonds is 6. The Morgan fingerprint density at radius 1 is 1.14 bits per heavy atom. The van der Waals surface area contributed by atoms with Crippen molar-refractivity contribution in [2.24, 2.45) is 0 Å². The molecule has 7 heteroatoms. The molecular weight excluding hydrogens is 362 g/mol. The second-order valence-electron chi connectivity index (χ2n) is 6.83. The number of methoxy groups -OCH3 is 1. The molecule has 1 aromatic heterocycles. The highest BCUT2D eigenvalue weighted by molar-refractivity contribution is 5.82. The van der Waals surface area contributed by atoms with Gasteiger partial charge in [0.25, 0.3) is 5.69 Å². The third-order valence-corrected chi connectivity index (χ3v) is 4.58. The lowest BCUT2D eigenvalue weighted by Crippen LogP contribution is -2.06. The maximum atomic E-state index is 12.0. The monoisotopic (exact) mass is 383 g/mol. The lowest BCUT2D eigenvalue weighted by Gasteiger charge is -2.14. The van der Waals surface area contributed by atoms with Crippen molar-refractivity contribution in [1.82, 2.24) is 0 Å². The fourth-order valence-electron chi connectivity index (χ4n) is 3.18. The number of hydrogen-bond acceptors (Lipinski definition) is 6. The van der Waals surface area contributed by atoms with E-state index in [2.05, 4.69) is 13.8 Å². The average Bonchev–Trinajstić information content (AvgIpc) is 2.64. The van der Waals surface area contributed by atoms with Crippen LogP contribution in [0.1, 0.15) is 36.5 Å². The quantitative estimate of drug-likeness (QED) is 0.347. The summed E-state index contributed by atoms with van der Waals surface area (Å²) in [6.07, 6.45) is 0. The highest BCUT2D eigenvalue weighted by Crippen LogP contribution is 2.33. The molecule has 0 fully saturated rings. The number of hydrogen-bond donors (Lipinski definition) is 0. The van der Waals surface area contributed by atoms with Crippen LogP contribution < -0.4 is 15.1 Å². The van der Waals surface area contributed by atoms with Gasteiger partial charge in [-0.3, -0.25) is 10.1 Å².